The Balaban J connectivity index is 2.03. The van der Waals surface area contributed by atoms with Crippen LogP contribution in [0.3, 0.4) is 0 Å². The number of carbonyl (C=O) groups is 1. The fourth-order valence-electron chi connectivity index (χ4n) is 2.54. The first-order chi connectivity index (χ1) is 11.6. The number of pyridine rings is 1. The van der Waals surface area contributed by atoms with Crippen LogP contribution in [0.25, 0.3) is 10.9 Å². The van der Waals surface area contributed by atoms with Crippen LogP contribution in [0.1, 0.15) is 18.2 Å². The summed E-state index contributed by atoms with van der Waals surface area (Å²) in [6.45, 7) is 4.28. The van der Waals surface area contributed by atoms with Crippen molar-refractivity contribution >= 4 is 17.1 Å². The lowest BCUT2D eigenvalue weighted by Gasteiger charge is -2.10. The molecule has 3 rings (SSSR count). The van der Waals surface area contributed by atoms with Crippen LogP contribution in [-0.4, -0.2) is 22.3 Å². The van der Waals surface area contributed by atoms with Gasteiger partial charge in [0, 0.05) is 17.6 Å². The summed E-state index contributed by atoms with van der Waals surface area (Å²) in [6.07, 6.45) is 0.932. The van der Waals surface area contributed by atoms with Gasteiger partial charge in [-0.05, 0) is 49.7 Å². The molecule has 2 heterocycles. The average molecular weight is 328 g/mol. The molecular formula is C18H17FN2O3. The van der Waals surface area contributed by atoms with E-state index in [2.05, 4.69) is 4.98 Å². The molecule has 0 radical (unpaired) electrons. The molecule has 24 heavy (non-hydrogen) atoms. The Morgan fingerprint density at radius 1 is 1.25 bits per heavy atom. The molecule has 0 saturated carbocycles. The number of carbonyl (C=O) groups excluding carboxylic acids is 1. The lowest BCUT2D eigenvalue weighted by Crippen LogP contribution is -2.13. The van der Waals surface area contributed by atoms with Crippen LogP contribution in [0.4, 0.5) is 9.18 Å². The second kappa shape index (κ2) is 6.70. The number of benzene rings is 1. The van der Waals surface area contributed by atoms with Crippen LogP contribution in [0.15, 0.2) is 42.6 Å². The van der Waals surface area contributed by atoms with Crippen LogP contribution in [-0.2, 0) is 11.3 Å². The molecule has 0 aliphatic carbocycles. The van der Waals surface area contributed by atoms with E-state index in [1.54, 1.807) is 29.8 Å². The minimum absolute atomic E-state index is 0.215. The van der Waals surface area contributed by atoms with E-state index < -0.39 is 6.16 Å². The molecule has 0 atom stereocenters. The molecule has 0 unspecified atom stereocenters. The highest BCUT2D eigenvalue weighted by Gasteiger charge is 2.15. The van der Waals surface area contributed by atoms with Gasteiger partial charge in [0.2, 0.25) is 5.88 Å². The highest BCUT2D eigenvalue weighted by molar-refractivity contribution is 5.83. The maximum atomic E-state index is 13.5. The second-order valence-electron chi connectivity index (χ2n) is 5.38. The summed E-state index contributed by atoms with van der Waals surface area (Å²) in [5, 5.41) is 0.641. The van der Waals surface area contributed by atoms with Gasteiger partial charge in [-0.3, -0.25) is 4.98 Å². The third-order valence-electron chi connectivity index (χ3n) is 3.57. The SMILES string of the molecule is CCOC(=O)Oc1cc2cc(F)ccc2n1Cc1cc(C)ccn1. The van der Waals surface area contributed by atoms with Gasteiger partial charge in [-0.15, -0.1) is 0 Å². The van der Waals surface area contributed by atoms with E-state index in [0.717, 1.165) is 16.8 Å². The average Bonchev–Trinajstić information content (AvgIpc) is 2.84. The minimum Gasteiger partial charge on any atom is -0.434 e. The van der Waals surface area contributed by atoms with Crippen LogP contribution < -0.4 is 4.74 Å². The summed E-state index contributed by atoms with van der Waals surface area (Å²) < 4.78 is 25.3. The van der Waals surface area contributed by atoms with Crippen molar-refractivity contribution in [1.29, 1.82) is 0 Å². The van der Waals surface area contributed by atoms with Gasteiger partial charge in [-0.25, -0.2) is 9.18 Å². The van der Waals surface area contributed by atoms with Gasteiger partial charge in [0.25, 0.3) is 0 Å². The van der Waals surface area contributed by atoms with Crippen molar-refractivity contribution in [3.8, 4) is 5.88 Å². The molecule has 0 bridgehead atoms. The van der Waals surface area contributed by atoms with Crippen LogP contribution in [0, 0.1) is 12.7 Å². The summed E-state index contributed by atoms with van der Waals surface area (Å²) >= 11 is 0. The number of halogens is 1. The summed E-state index contributed by atoms with van der Waals surface area (Å²) in [7, 11) is 0. The van der Waals surface area contributed by atoms with Crippen molar-refractivity contribution in [3.63, 3.8) is 0 Å². The van der Waals surface area contributed by atoms with Crippen molar-refractivity contribution in [2.45, 2.75) is 20.4 Å². The standard InChI is InChI=1S/C18H17FN2O3/c1-3-23-18(22)24-17-10-13-9-14(19)4-5-16(13)21(17)11-15-8-12(2)6-7-20-15/h4-10H,3,11H2,1-2H3. The van der Waals surface area contributed by atoms with Gasteiger partial charge >= 0.3 is 6.16 Å². The Morgan fingerprint density at radius 3 is 2.83 bits per heavy atom. The summed E-state index contributed by atoms with van der Waals surface area (Å²) in [5.74, 6) is -0.0617. The zero-order valence-electron chi connectivity index (χ0n) is 13.5. The Hall–Kier alpha value is -2.89. The van der Waals surface area contributed by atoms with Crippen molar-refractivity contribution in [1.82, 2.24) is 9.55 Å². The molecule has 0 amide bonds. The fraction of sp³-hybridized carbons (Fsp3) is 0.222. The maximum absolute atomic E-state index is 13.5. The van der Waals surface area contributed by atoms with Crippen molar-refractivity contribution in [2.24, 2.45) is 0 Å². The maximum Gasteiger partial charge on any atom is 0.515 e. The number of hydrogen-bond donors (Lipinski definition) is 0. The van der Waals surface area contributed by atoms with Crippen molar-refractivity contribution in [3.05, 3.63) is 59.7 Å². The molecule has 0 N–H and O–H groups in total. The van der Waals surface area contributed by atoms with E-state index >= 15 is 0 Å². The monoisotopic (exact) mass is 328 g/mol. The fourth-order valence-corrected chi connectivity index (χ4v) is 2.54. The molecule has 6 heteroatoms. The van der Waals surface area contributed by atoms with E-state index in [1.807, 2.05) is 19.1 Å². The third-order valence-corrected chi connectivity index (χ3v) is 3.57. The number of nitrogens with zero attached hydrogens (tertiary/aromatic N) is 2. The van der Waals surface area contributed by atoms with Gasteiger partial charge in [0.05, 0.1) is 24.4 Å². The molecule has 2 aromatic heterocycles. The predicted octanol–water partition coefficient (Wildman–Crippen LogP) is 4.07. The number of hydrogen-bond acceptors (Lipinski definition) is 4. The van der Waals surface area contributed by atoms with Crippen molar-refractivity contribution < 1.29 is 18.7 Å². The number of aryl methyl sites for hydroxylation is 1. The Kier molecular flexibility index (Phi) is 4.46. The highest BCUT2D eigenvalue weighted by Crippen LogP contribution is 2.27. The van der Waals surface area contributed by atoms with Gasteiger partial charge < -0.3 is 14.0 Å². The summed E-state index contributed by atoms with van der Waals surface area (Å²) in [5.41, 5.74) is 2.64. The molecule has 0 fully saturated rings. The molecule has 0 saturated heterocycles. The first-order valence-corrected chi connectivity index (χ1v) is 7.61. The van der Waals surface area contributed by atoms with Crippen LogP contribution in [0.5, 0.6) is 5.88 Å². The van der Waals surface area contributed by atoms with Gasteiger partial charge in [-0.2, -0.15) is 0 Å². The van der Waals surface area contributed by atoms with Gasteiger partial charge in [-0.1, -0.05) is 0 Å². The highest BCUT2D eigenvalue weighted by atomic mass is 19.1. The molecule has 0 aliphatic heterocycles. The number of ether oxygens (including phenoxy) is 2. The molecule has 124 valence electrons. The number of fused-ring (bicyclic) bond motifs is 1. The third kappa shape index (κ3) is 3.37. The molecule has 1 aromatic carbocycles. The molecule has 0 aliphatic rings. The quantitative estimate of drug-likeness (QED) is 0.678. The van der Waals surface area contributed by atoms with Crippen LogP contribution in [0.2, 0.25) is 0 Å². The minimum atomic E-state index is -0.792. The first-order valence-electron chi connectivity index (χ1n) is 7.61. The predicted molar refractivity (Wildman–Crippen MR) is 87.6 cm³/mol. The van der Waals surface area contributed by atoms with Gasteiger partial charge in [0.1, 0.15) is 5.82 Å². The Morgan fingerprint density at radius 2 is 2.08 bits per heavy atom. The normalized spacial score (nSPS) is 10.8. The largest absolute Gasteiger partial charge is 0.515 e. The zero-order chi connectivity index (χ0) is 17.1. The lowest BCUT2D eigenvalue weighted by molar-refractivity contribution is 0.101. The van der Waals surface area contributed by atoms with E-state index in [1.165, 1.54) is 12.1 Å². The second-order valence-corrected chi connectivity index (χ2v) is 5.38. The summed E-state index contributed by atoms with van der Waals surface area (Å²) in [4.78, 5) is 16.0. The van der Waals surface area contributed by atoms with E-state index in [-0.39, 0.29) is 18.3 Å². The van der Waals surface area contributed by atoms with Gasteiger partial charge in [0.15, 0.2) is 0 Å². The number of rotatable bonds is 4. The molecule has 0 spiro atoms. The van der Waals surface area contributed by atoms with E-state index in [0.29, 0.717) is 11.9 Å². The molecule has 3 aromatic rings. The topological polar surface area (TPSA) is 53.4 Å². The Bertz CT molecular complexity index is 889. The lowest BCUT2D eigenvalue weighted by atomic mass is 10.2. The van der Waals surface area contributed by atoms with Crippen molar-refractivity contribution in [2.75, 3.05) is 6.61 Å². The Labute approximate surface area is 138 Å². The molecular weight excluding hydrogens is 311 g/mol. The van der Waals surface area contributed by atoms with E-state index in [9.17, 15) is 9.18 Å². The van der Waals surface area contributed by atoms with Crippen LogP contribution >= 0.6 is 0 Å². The zero-order valence-corrected chi connectivity index (χ0v) is 13.5. The van der Waals surface area contributed by atoms with E-state index in [4.69, 9.17) is 9.47 Å². The first kappa shape index (κ1) is 16.0. The smallest absolute Gasteiger partial charge is 0.434 e. The summed E-state index contributed by atoms with van der Waals surface area (Å²) in [6, 6.07) is 9.89. The number of aromatic nitrogens is 2. The molecule has 5 nitrogen and oxygen atoms in total.